The molecule has 0 aliphatic carbocycles. The van der Waals surface area contributed by atoms with Crippen LogP contribution in [-0.2, 0) is 48.4 Å². The molecule has 230 valence electrons. The van der Waals surface area contributed by atoms with E-state index in [1.165, 1.54) is 18.2 Å². The van der Waals surface area contributed by atoms with Crippen molar-refractivity contribution in [1.82, 2.24) is 0 Å². The Morgan fingerprint density at radius 3 is 1.36 bits per heavy atom. The number of ether oxygens (including phenoxy) is 3. The summed E-state index contributed by atoms with van der Waals surface area (Å²) >= 11 is 5.78. The van der Waals surface area contributed by atoms with Crippen molar-refractivity contribution in [2.45, 2.75) is 12.8 Å². The van der Waals surface area contributed by atoms with E-state index in [0.29, 0.717) is 34.1 Å². The van der Waals surface area contributed by atoms with Gasteiger partial charge in [-0.1, -0.05) is 62.2 Å². The molecule has 0 atom stereocenters. The number of esters is 2. The van der Waals surface area contributed by atoms with E-state index in [9.17, 15) is 14.4 Å². The minimum Gasteiger partial charge on any atom is -0.461 e. The fraction of sp³-hybridized carbons (Fsp3) is 0.156. The van der Waals surface area contributed by atoms with E-state index in [1.807, 2.05) is 0 Å². The van der Waals surface area contributed by atoms with Crippen molar-refractivity contribution >= 4 is 42.2 Å². The van der Waals surface area contributed by atoms with Gasteiger partial charge in [0.1, 0.15) is 37.1 Å². The molecule has 0 bridgehead atoms. The zero-order valence-corrected chi connectivity index (χ0v) is 25.6. The zero-order valence-electron chi connectivity index (χ0n) is 23.8. The molecule has 0 unspecified atom stereocenters. The fourth-order valence-corrected chi connectivity index (χ4v) is 5.43. The summed E-state index contributed by atoms with van der Waals surface area (Å²) in [4.78, 5) is 35.7. The maximum absolute atomic E-state index is 11.9. The molecular formula is C32H32NO9PS. The smallest absolute Gasteiger partial charge is 0.461 e. The van der Waals surface area contributed by atoms with Crippen molar-refractivity contribution in [3.05, 3.63) is 122 Å². The second-order valence-electron chi connectivity index (χ2n) is 8.84. The third kappa shape index (κ3) is 11.8. The van der Waals surface area contributed by atoms with E-state index in [1.54, 1.807) is 72.8 Å². The molecule has 0 aliphatic rings. The molecule has 10 nitrogen and oxygen atoms in total. The summed E-state index contributed by atoms with van der Waals surface area (Å²) in [5.41, 5.74) is 1.88. The second kappa shape index (κ2) is 17.3. The molecule has 0 heterocycles. The minimum atomic E-state index is -3.55. The topological polar surface area (TPSA) is 119 Å². The summed E-state index contributed by atoms with van der Waals surface area (Å²) in [5, 5.41) is 2.59. The molecule has 1 N–H and O–H groups in total. The SMILES string of the molecule is C=CCOC(=O)Cc1ccc(OP(=S)(Oc2ccc(CC(=O)OCC=C)cc2)Oc2ccc(NC(=O)OCC=C)cc2)cc1. The van der Waals surface area contributed by atoms with Crippen molar-refractivity contribution in [2.75, 3.05) is 25.1 Å². The second-order valence-corrected chi connectivity index (χ2v) is 11.6. The molecule has 12 heteroatoms. The number of nitrogens with one attached hydrogen (secondary N) is 1. The van der Waals surface area contributed by atoms with Gasteiger partial charge in [0.25, 0.3) is 0 Å². The Hall–Kier alpha value is -4.86. The van der Waals surface area contributed by atoms with E-state index in [0.717, 1.165) is 0 Å². The molecular weight excluding hydrogens is 605 g/mol. The predicted molar refractivity (Wildman–Crippen MR) is 170 cm³/mol. The lowest BCUT2D eigenvalue weighted by Crippen LogP contribution is -2.13. The van der Waals surface area contributed by atoms with Crippen LogP contribution in [0.15, 0.2) is 111 Å². The fourth-order valence-electron chi connectivity index (χ4n) is 3.41. The molecule has 0 saturated heterocycles. The summed E-state index contributed by atoms with van der Waals surface area (Å²) in [6.45, 7) is 7.34. The highest BCUT2D eigenvalue weighted by Crippen LogP contribution is 2.50. The Morgan fingerprint density at radius 1 is 0.614 bits per heavy atom. The summed E-state index contributed by atoms with van der Waals surface area (Å²) in [7, 11) is 0. The van der Waals surface area contributed by atoms with Crippen LogP contribution in [0.5, 0.6) is 17.2 Å². The quantitative estimate of drug-likeness (QED) is 0.0739. The summed E-state index contributed by atoms with van der Waals surface area (Å²) < 4.78 is 33.2. The molecule has 0 fully saturated rings. The lowest BCUT2D eigenvalue weighted by molar-refractivity contribution is -0.142. The summed E-state index contributed by atoms with van der Waals surface area (Å²) in [5.74, 6) is 0.239. The number of rotatable bonds is 17. The van der Waals surface area contributed by atoms with Gasteiger partial charge in [-0.05, 0) is 59.7 Å². The Morgan fingerprint density at radius 2 is 0.977 bits per heavy atom. The number of hydrogen-bond acceptors (Lipinski definition) is 10. The number of carbonyl (C=O) groups excluding carboxylic acids is 3. The van der Waals surface area contributed by atoms with Crippen LogP contribution < -0.4 is 18.9 Å². The van der Waals surface area contributed by atoms with Gasteiger partial charge in [0, 0.05) is 17.5 Å². The zero-order chi connectivity index (χ0) is 31.8. The van der Waals surface area contributed by atoms with Crippen LogP contribution in [0.2, 0.25) is 0 Å². The third-order valence-corrected chi connectivity index (χ3v) is 7.33. The van der Waals surface area contributed by atoms with Gasteiger partial charge in [0.05, 0.1) is 12.8 Å². The van der Waals surface area contributed by atoms with Gasteiger partial charge in [0.15, 0.2) is 0 Å². The monoisotopic (exact) mass is 637 g/mol. The van der Waals surface area contributed by atoms with Gasteiger partial charge in [-0.3, -0.25) is 14.9 Å². The molecule has 44 heavy (non-hydrogen) atoms. The molecule has 0 saturated carbocycles. The van der Waals surface area contributed by atoms with Crippen LogP contribution in [0.4, 0.5) is 10.5 Å². The van der Waals surface area contributed by atoms with E-state index >= 15 is 0 Å². The molecule has 3 rings (SSSR count). The first-order valence-electron chi connectivity index (χ1n) is 13.3. The Balaban J connectivity index is 1.76. The highest BCUT2D eigenvalue weighted by atomic mass is 32.5. The lowest BCUT2D eigenvalue weighted by Gasteiger charge is -2.23. The normalized spacial score (nSPS) is 10.5. The van der Waals surface area contributed by atoms with E-state index in [-0.39, 0.29) is 44.6 Å². The number of carbonyl (C=O) groups is 3. The van der Waals surface area contributed by atoms with Gasteiger partial charge in [-0.25, -0.2) is 4.79 Å². The molecule has 0 aromatic heterocycles. The van der Waals surface area contributed by atoms with Gasteiger partial charge >= 0.3 is 24.8 Å². The predicted octanol–water partition coefficient (Wildman–Crippen LogP) is 6.73. The van der Waals surface area contributed by atoms with Crippen LogP contribution in [0.25, 0.3) is 0 Å². The van der Waals surface area contributed by atoms with Crippen LogP contribution in [0, 0.1) is 0 Å². The largest absolute Gasteiger partial charge is 0.490 e. The van der Waals surface area contributed by atoms with Crippen molar-refractivity contribution in [3.8, 4) is 17.2 Å². The molecule has 0 spiro atoms. The summed E-state index contributed by atoms with van der Waals surface area (Å²) in [6.07, 6.45) is 3.96. The van der Waals surface area contributed by atoms with Crippen LogP contribution >= 0.6 is 6.72 Å². The van der Waals surface area contributed by atoms with E-state index in [4.69, 9.17) is 39.6 Å². The van der Waals surface area contributed by atoms with Gasteiger partial charge in [-0.15, -0.1) is 0 Å². The molecule has 0 aliphatic heterocycles. The molecule has 0 radical (unpaired) electrons. The highest BCUT2D eigenvalue weighted by molar-refractivity contribution is 8.08. The van der Waals surface area contributed by atoms with E-state index < -0.39 is 12.8 Å². The van der Waals surface area contributed by atoms with Gasteiger partial charge < -0.3 is 27.8 Å². The Labute approximate surface area is 261 Å². The van der Waals surface area contributed by atoms with Gasteiger partial charge in [-0.2, -0.15) is 0 Å². The Kier molecular flexibility index (Phi) is 13.2. The molecule has 3 aromatic carbocycles. The lowest BCUT2D eigenvalue weighted by atomic mass is 10.1. The first kappa shape index (κ1) is 33.6. The van der Waals surface area contributed by atoms with Crippen molar-refractivity contribution in [2.24, 2.45) is 0 Å². The van der Waals surface area contributed by atoms with Crippen molar-refractivity contribution in [1.29, 1.82) is 0 Å². The van der Waals surface area contributed by atoms with E-state index in [2.05, 4.69) is 25.1 Å². The van der Waals surface area contributed by atoms with Gasteiger partial charge in [0.2, 0.25) is 0 Å². The number of anilines is 1. The average molecular weight is 638 g/mol. The molecule has 3 aromatic rings. The van der Waals surface area contributed by atoms with Crippen LogP contribution in [-0.4, -0.2) is 37.9 Å². The maximum atomic E-state index is 11.9. The number of hydrogen-bond donors (Lipinski definition) is 1. The maximum Gasteiger partial charge on any atom is 0.490 e. The summed E-state index contributed by atoms with van der Waals surface area (Å²) in [6, 6.07) is 19.8. The number of benzene rings is 3. The van der Waals surface area contributed by atoms with Crippen molar-refractivity contribution in [3.63, 3.8) is 0 Å². The van der Waals surface area contributed by atoms with Crippen molar-refractivity contribution < 1.29 is 42.2 Å². The third-order valence-electron chi connectivity index (χ3n) is 5.35. The first-order valence-corrected chi connectivity index (χ1v) is 15.8. The average Bonchev–Trinajstić information content (AvgIpc) is 3.01. The first-order chi connectivity index (χ1) is 21.2. The number of amides is 1. The molecule has 1 amide bonds. The minimum absolute atomic E-state index is 0.0737. The van der Waals surface area contributed by atoms with Crippen LogP contribution in [0.1, 0.15) is 11.1 Å². The van der Waals surface area contributed by atoms with Crippen LogP contribution in [0.3, 0.4) is 0 Å². The standard InChI is InChI=1S/C32H32NO9PS/c1-4-19-37-30(34)22-24-7-13-27(14-8-24)40-43(44,41-28-15-9-25(10-16-28)23-31(35)38-20-5-2)42-29-17-11-26(12-18-29)33-32(36)39-21-6-3/h4-18H,1-3,19-23H2,(H,33,36). The Bertz CT molecular complexity index is 1310. The highest BCUT2D eigenvalue weighted by Gasteiger charge is 2.27.